The van der Waals surface area contributed by atoms with Gasteiger partial charge in [-0.1, -0.05) is 20.3 Å². The van der Waals surface area contributed by atoms with Crippen molar-refractivity contribution < 1.29 is 19.2 Å². The van der Waals surface area contributed by atoms with Crippen molar-refractivity contribution in [3.05, 3.63) is 11.4 Å². The predicted molar refractivity (Wildman–Crippen MR) is 119 cm³/mol. The Hall–Kier alpha value is -2.78. The number of nitrogens with zero attached hydrogens (tertiary/aromatic N) is 3. The lowest BCUT2D eigenvalue weighted by molar-refractivity contribution is -0.138. The lowest BCUT2D eigenvalue weighted by Crippen LogP contribution is -2.61. The topological polar surface area (TPSA) is 142 Å². The fraction of sp³-hybridized carbons (Fsp3) is 0.727. The first-order valence-corrected chi connectivity index (χ1v) is 11.4. The van der Waals surface area contributed by atoms with Crippen molar-refractivity contribution in [2.45, 2.75) is 77.8 Å². The molecule has 0 radical (unpaired) electrons. The number of barbiturate groups is 1. The number of nitrogens with one attached hydrogen (secondary N) is 1. The molecule has 0 bridgehead atoms. The Labute approximate surface area is 189 Å². The Kier molecular flexibility index (Phi) is 6.44. The van der Waals surface area contributed by atoms with Crippen LogP contribution in [0, 0.1) is 5.41 Å². The molecule has 0 spiro atoms. The summed E-state index contributed by atoms with van der Waals surface area (Å²) in [5.74, 6) is -1.78. The normalized spacial score (nSPS) is 28.4. The molecule has 0 aromatic carbocycles. The van der Waals surface area contributed by atoms with E-state index in [0.29, 0.717) is 32.4 Å². The number of rotatable bonds is 6. The van der Waals surface area contributed by atoms with Gasteiger partial charge in [0.25, 0.3) is 11.8 Å². The van der Waals surface area contributed by atoms with Gasteiger partial charge in [0.1, 0.15) is 11.4 Å². The van der Waals surface area contributed by atoms with E-state index in [9.17, 15) is 19.2 Å². The number of imide groups is 2. The molecule has 0 aromatic heterocycles. The zero-order valence-electron chi connectivity index (χ0n) is 19.6. The third kappa shape index (κ3) is 4.54. The van der Waals surface area contributed by atoms with Crippen molar-refractivity contribution in [1.82, 2.24) is 20.0 Å². The molecule has 2 aliphatic heterocycles. The van der Waals surface area contributed by atoms with Crippen LogP contribution in [0.5, 0.6) is 0 Å². The number of unbranched alkanes of at least 4 members (excludes halogenated alkanes) is 1. The molecular weight excluding hydrogens is 412 g/mol. The van der Waals surface area contributed by atoms with Crippen molar-refractivity contribution in [2.24, 2.45) is 16.9 Å². The van der Waals surface area contributed by atoms with E-state index >= 15 is 0 Å². The van der Waals surface area contributed by atoms with E-state index in [1.54, 1.807) is 0 Å². The Bertz CT molecular complexity index is 839. The van der Waals surface area contributed by atoms with E-state index in [4.69, 9.17) is 11.5 Å². The molecular formula is C22H36N6O4. The van der Waals surface area contributed by atoms with E-state index in [-0.39, 0.29) is 41.0 Å². The Morgan fingerprint density at radius 3 is 2.19 bits per heavy atom. The monoisotopic (exact) mass is 448 g/mol. The number of carbonyl (C=O) groups excluding carboxylic acids is 4. The van der Waals surface area contributed by atoms with Gasteiger partial charge in [0.15, 0.2) is 0 Å². The molecule has 6 amide bonds. The summed E-state index contributed by atoms with van der Waals surface area (Å²) >= 11 is 0. The largest absolute Gasteiger partial charge is 0.385 e. The van der Waals surface area contributed by atoms with E-state index in [1.165, 1.54) is 4.90 Å². The molecule has 1 saturated carbocycles. The minimum atomic E-state index is -0.715. The number of carbonyl (C=O) groups is 4. The maximum absolute atomic E-state index is 13.1. The first-order chi connectivity index (χ1) is 14.9. The van der Waals surface area contributed by atoms with Gasteiger partial charge in [-0.3, -0.25) is 19.4 Å². The molecule has 3 fully saturated rings. The zero-order valence-corrected chi connectivity index (χ0v) is 19.6. The van der Waals surface area contributed by atoms with Gasteiger partial charge in [0.05, 0.1) is 5.54 Å². The highest BCUT2D eigenvalue weighted by molar-refractivity contribution is 6.29. The van der Waals surface area contributed by atoms with Crippen molar-refractivity contribution in [3.63, 3.8) is 0 Å². The van der Waals surface area contributed by atoms with Gasteiger partial charge in [-0.15, -0.1) is 0 Å². The first kappa shape index (κ1) is 23.9. The molecule has 10 heteroatoms. The summed E-state index contributed by atoms with van der Waals surface area (Å²) in [5.41, 5.74) is 10.6. The van der Waals surface area contributed by atoms with Crippen LogP contribution in [0.1, 0.15) is 66.2 Å². The van der Waals surface area contributed by atoms with E-state index < -0.39 is 17.8 Å². The number of nitrogens with two attached hydrogens (primary N) is 2. The van der Waals surface area contributed by atoms with Crippen LogP contribution in [0.2, 0.25) is 0 Å². The van der Waals surface area contributed by atoms with Crippen molar-refractivity contribution in [1.29, 1.82) is 0 Å². The standard InChI is InChI=1S/C22H36N6O4/c1-5-6-11-27-17(29)15(16(23)24)18(30)28(20(27)32)14-7-9-22(4,10-8-14)13-26-12-21(2,3)25-19(26)31/h14H,5-13,23-24H2,1-4H3,(H,25,31). The van der Waals surface area contributed by atoms with Crippen LogP contribution in [0.3, 0.4) is 0 Å². The minimum Gasteiger partial charge on any atom is -0.385 e. The number of hydrogen-bond donors (Lipinski definition) is 3. The summed E-state index contributed by atoms with van der Waals surface area (Å²) < 4.78 is 0. The number of urea groups is 2. The summed E-state index contributed by atoms with van der Waals surface area (Å²) in [6.07, 6.45) is 4.12. The highest BCUT2D eigenvalue weighted by Gasteiger charge is 2.48. The molecule has 0 atom stereocenters. The van der Waals surface area contributed by atoms with Gasteiger partial charge in [-0.2, -0.15) is 0 Å². The molecule has 10 nitrogen and oxygen atoms in total. The van der Waals surface area contributed by atoms with Crippen LogP contribution in [0.4, 0.5) is 9.59 Å². The van der Waals surface area contributed by atoms with Crippen LogP contribution in [-0.4, -0.2) is 69.8 Å². The second kappa shape index (κ2) is 8.63. The lowest BCUT2D eigenvalue weighted by Gasteiger charge is -2.44. The van der Waals surface area contributed by atoms with E-state index in [1.807, 2.05) is 25.7 Å². The lowest BCUT2D eigenvalue weighted by atomic mass is 9.73. The second-order valence-electron chi connectivity index (χ2n) is 10.3. The molecule has 5 N–H and O–H groups in total. The Balaban J connectivity index is 1.73. The summed E-state index contributed by atoms with van der Waals surface area (Å²) in [7, 11) is 0. The Morgan fingerprint density at radius 1 is 1.06 bits per heavy atom. The minimum absolute atomic E-state index is 0.0574. The molecule has 0 aromatic rings. The highest BCUT2D eigenvalue weighted by Crippen LogP contribution is 2.40. The average molecular weight is 449 g/mol. The SMILES string of the molecule is CCCCN1C(=O)C(=C(N)N)C(=O)N(C2CCC(C)(CN3CC(C)(C)NC3=O)CC2)C1=O. The van der Waals surface area contributed by atoms with Crippen LogP contribution in [-0.2, 0) is 9.59 Å². The number of hydrogen-bond acceptors (Lipinski definition) is 6. The van der Waals surface area contributed by atoms with Gasteiger partial charge < -0.3 is 21.7 Å². The highest BCUT2D eigenvalue weighted by atomic mass is 16.2. The fourth-order valence-corrected chi connectivity index (χ4v) is 4.99. The van der Waals surface area contributed by atoms with Crippen LogP contribution >= 0.6 is 0 Å². The second-order valence-corrected chi connectivity index (χ2v) is 10.3. The number of amides is 6. The van der Waals surface area contributed by atoms with Gasteiger partial charge in [-0.25, -0.2) is 9.59 Å². The van der Waals surface area contributed by atoms with Crippen LogP contribution in [0.25, 0.3) is 0 Å². The first-order valence-electron chi connectivity index (χ1n) is 11.4. The third-order valence-electron chi connectivity index (χ3n) is 6.77. The molecule has 2 saturated heterocycles. The summed E-state index contributed by atoms with van der Waals surface area (Å²) in [5, 5.41) is 2.99. The maximum atomic E-state index is 13.1. The molecule has 1 aliphatic carbocycles. The fourth-order valence-electron chi connectivity index (χ4n) is 4.99. The Morgan fingerprint density at radius 2 is 1.69 bits per heavy atom. The molecule has 0 unspecified atom stereocenters. The molecule has 2 heterocycles. The summed E-state index contributed by atoms with van der Waals surface area (Å²) in [6, 6.07) is -0.982. The van der Waals surface area contributed by atoms with Crippen molar-refractivity contribution in [3.8, 4) is 0 Å². The van der Waals surface area contributed by atoms with Crippen LogP contribution in [0.15, 0.2) is 11.4 Å². The van der Waals surface area contributed by atoms with Gasteiger partial charge in [-0.05, 0) is 51.4 Å². The molecule has 3 rings (SSSR count). The third-order valence-corrected chi connectivity index (χ3v) is 6.77. The van der Waals surface area contributed by atoms with Gasteiger partial charge in [0, 0.05) is 25.7 Å². The molecule has 32 heavy (non-hydrogen) atoms. The molecule has 178 valence electrons. The van der Waals surface area contributed by atoms with Gasteiger partial charge >= 0.3 is 12.1 Å². The summed E-state index contributed by atoms with van der Waals surface area (Å²) in [4.78, 5) is 55.3. The van der Waals surface area contributed by atoms with Crippen LogP contribution < -0.4 is 16.8 Å². The molecule has 3 aliphatic rings. The predicted octanol–water partition coefficient (Wildman–Crippen LogP) is 1.46. The van der Waals surface area contributed by atoms with Crippen molar-refractivity contribution >= 4 is 23.9 Å². The summed E-state index contributed by atoms with van der Waals surface area (Å²) in [6.45, 7) is 9.58. The zero-order chi connectivity index (χ0) is 23.8. The smallest absolute Gasteiger partial charge is 0.334 e. The van der Waals surface area contributed by atoms with Gasteiger partial charge in [0.2, 0.25) is 0 Å². The van der Waals surface area contributed by atoms with Crippen molar-refractivity contribution in [2.75, 3.05) is 19.6 Å². The van der Waals surface area contributed by atoms with E-state index in [2.05, 4.69) is 12.2 Å². The average Bonchev–Trinajstić information content (AvgIpc) is 2.93. The maximum Gasteiger partial charge on any atom is 0.334 e. The van der Waals surface area contributed by atoms with E-state index in [0.717, 1.165) is 24.2 Å². The quantitative estimate of drug-likeness (QED) is 0.415.